The summed E-state index contributed by atoms with van der Waals surface area (Å²) in [6, 6.07) is 19.2. The Morgan fingerprint density at radius 3 is 2.14 bits per heavy atom. The van der Waals surface area contributed by atoms with Gasteiger partial charge in [0.25, 0.3) is 0 Å². The second kappa shape index (κ2) is 7.70. The fraction of sp³-hybridized carbons (Fsp3) is 0.100. The van der Waals surface area contributed by atoms with Gasteiger partial charge in [-0.3, -0.25) is 0 Å². The van der Waals surface area contributed by atoms with Crippen LogP contribution in [0.1, 0.15) is 18.1 Å². The lowest BCUT2D eigenvalue weighted by molar-refractivity contribution is 1.18. The van der Waals surface area contributed by atoms with E-state index in [1.165, 1.54) is 16.0 Å². The van der Waals surface area contributed by atoms with Crippen molar-refractivity contribution in [3.63, 3.8) is 0 Å². The molecule has 0 spiro atoms. The Labute approximate surface area is 131 Å². The number of benzene rings is 2. The van der Waals surface area contributed by atoms with Gasteiger partial charge in [-0.2, -0.15) is 0 Å². The minimum Gasteiger partial charge on any atom is -0.0961 e. The van der Waals surface area contributed by atoms with Gasteiger partial charge in [-0.05, 0) is 42.7 Å². The summed E-state index contributed by atoms with van der Waals surface area (Å²) in [4.78, 5) is 2.23. The summed E-state index contributed by atoms with van der Waals surface area (Å²) in [5.41, 5.74) is 3.70. The number of hydrogen-bond donors (Lipinski definition) is 0. The van der Waals surface area contributed by atoms with Gasteiger partial charge in [-0.1, -0.05) is 79.0 Å². The van der Waals surface area contributed by atoms with Gasteiger partial charge in [-0.25, -0.2) is 0 Å². The second-order valence-electron chi connectivity index (χ2n) is 5.05. The lowest BCUT2D eigenvalue weighted by Gasteiger charge is -2.04. The molecule has 0 aliphatic heterocycles. The minimum absolute atomic E-state index is 0.974. The fourth-order valence-electron chi connectivity index (χ4n) is 1.93. The highest BCUT2D eigenvalue weighted by Gasteiger charge is 1.98. The molecule has 0 bridgehead atoms. The SMILES string of the molecule is C=C(C)/C=C\C(=C)Sc1ccc(Cc2ccccc2)cc1. The number of rotatable bonds is 6. The molecule has 106 valence electrons. The third-order valence-electron chi connectivity index (χ3n) is 2.98. The summed E-state index contributed by atoms with van der Waals surface area (Å²) in [6.45, 7) is 9.87. The highest BCUT2D eigenvalue weighted by Crippen LogP contribution is 2.27. The fourth-order valence-corrected chi connectivity index (χ4v) is 2.64. The van der Waals surface area contributed by atoms with Crippen LogP contribution in [-0.4, -0.2) is 0 Å². The third kappa shape index (κ3) is 5.49. The first-order valence-electron chi connectivity index (χ1n) is 6.97. The van der Waals surface area contributed by atoms with Gasteiger partial charge < -0.3 is 0 Å². The van der Waals surface area contributed by atoms with Crippen LogP contribution in [0, 0.1) is 0 Å². The van der Waals surface area contributed by atoms with Gasteiger partial charge in [0.1, 0.15) is 0 Å². The number of hydrogen-bond acceptors (Lipinski definition) is 1. The van der Waals surface area contributed by atoms with E-state index < -0.39 is 0 Å². The van der Waals surface area contributed by atoms with E-state index in [1.807, 2.05) is 25.1 Å². The maximum atomic E-state index is 4.05. The molecule has 0 aliphatic carbocycles. The Kier molecular flexibility index (Phi) is 5.65. The van der Waals surface area contributed by atoms with E-state index in [9.17, 15) is 0 Å². The van der Waals surface area contributed by atoms with Crippen LogP contribution in [0.2, 0.25) is 0 Å². The zero-order valence-electron chi connectivity index (χ0n) is 12.4. The molecule has 0 fully saturated rings. The summed E-state index contributed by atoms with van der Waals surface area (Å²) >= 11 is 1.68. The first-order valence-corrected chi connectivity index (χ1v) is 7.78. The van der Waals surface area contributed by atoms with Crippen molar-refractivity contribution in [3.8, 4) is 0 Å². The average Bonchev–Trinajstić information content (AvgIpc) is 2.48. The standard InChI is InChI=1S/C20H20S/c1-16(2)9-10-17(3)21-20-13-11-19(12-14-20)15-18-7-5-4-6-8-18/h4-14H,1,3,15H2,2H3/b10-9-. The lowest BCUT2D eigenvalue weighted by atomic mass is 10.1. The molecule has 0 saturated heterocycles. The van der Waals surface area contributed by atoms with E-state index in [2.05, 4.69) is 61.7 Å². The van der Waals surface area contributed by atoms with Crippen LogP contribution >= 0.6 is 11.8 Å². The molecular formula is C20H20S. The maximum Gasteiger partial charge on any atom is 0.0122 e. The summed E-state index contributed by atoms with van der Waals surface area (Å²) in [7, 11) is 0. The van der Waals surface area contributed by atoms with Gasteiger partial charge in [0.15, 0.2) is 0 Å². The Morgan fingerprint density at radius 1 is 0.905 bits per heavy atom. The van der Waals surface area contributed by atoms with Crippen LogP contribution in [0.15, 0.2) is 95.3 Å². The predicted octanol–water partition coefficient (Wildman–Crippen LogP) is 6.02. The zero-order valence-corrected chi connectivity index (χ0v) is 13.2. The normalized spacial score (nSPS) is 10.7. The number of allylic oxidation sites excluding steroid dienone is 3. The van der Waals surface area contributed by atoms with Gasteiger partial charge >= 0.3 is 0 Å². The maximum absolute atomic E-state index is 4.05. The van der Waals surface area contributed by atoms with Crippen molar-refractivity contribution in [2.75, 3.05) is 0 Å². The van der Waals surface area contributed by atoms with E-state index in [0.717, 1.165) is 16.9 Å². The molecular weight excluding hydrogens is 272 g/mol. The van der Waals surface area contributed by atoms with Crippen molar-refractivity contribution < 1.29 is 0 Å². The van der Waals surface area contributed by atoms with Crippen molar-refractivity contribution in [1.82, 2.24) is 0 Å². The monoisotopic (exact) mass is 292 g/mol. The first kappa shape index (κ1) is 15.4. The lowest BCUT2D eigenvalue weighted by Crippen LogP contribution is -1.87. The molecule has 2 aromatic carbocycles. The highest BCUT2D eigenvalue weighted by molar-refractivity contribution is 8.03. The summed E-state index contributed by atoms with van der Waals surface area (Å²) < 4.78 is 0. The van der Waals surface area contributed by atoms with Gasteiger partial charge in [0, 0.05) is 9.80 Å². The van der Waals surface area contributed by atoms with Crippen molar-refractivity contribution in [2.45, 2.75) is 18.2 Å². The Balaban J connectivity index is 1.96. The molecule has 0 atom stereocenters. The third-order valence-corrected chi connectivity index (χ3v) is 3.88. The topological polar surface area (TPSA) is 0 Å². The van der Waals surface area contributed by atoms with Gasteiger partial charge in [-0.15, -0.1) is 0 Å². The number of thioether (sulfide) groups is 1. The molecule has 0 heterocycles. The van der Waals surface area contributed by atoms with Crippen molar-refractivity contribution in [3.05, 3.63) is 102 Å². The predicted molar refractivity (Wildman–Crippen MR) is 94.6 cm³/mol. The molecule has 2 rings (SSSR count). The summed E-state index contributed by atoms with van der Waals surface area (Å²) in [5.74, 6) is 0. The molecule has 0 N–H and O–H groups in total. The summed E-state index contributed by atoms with van der Waals surface area (Å²) in [5, 5.41) is 0. The van der Waals surface area contributed by atoms with E-state index in [1.54, 1.807) is 11.8 Å². The van der Waals surface area contributed by atoms with E-state index in [-0.39, 0.29) is 0 Å². The Hall–Kier alpha value is -1.99. The Morgan fingerprint density at radius 2 is 1.52 bits per heavy atom. The van der Waals surface area contributed by atoms with Gasteiger partial charge in [0.2, 0.25) is 0 Å². The minimum atomic E-state index is 0.974. The smallest absolute Gasteiger partial charge is 0.0122 e. The Bertz CT molecular complexity index is 633. The quantitative estimate of drug-likeness (QED) is 0.463. The van der Waals surface area contributed by atoms with Crippen LogP contribution in [0.5, 0.6) is 0 Å². The van der Waals surface area contributed by atoms with Gasteiger partial charge in [0.05, 0.1) is 0 Å². The molecule has 1 heteroatoms. The largest absolute Gasteiger partial charge is 0.0961 e. The molecule has 0 unspecified atom stereocenters. The molecule has 0 nitrogen and oxygen atoms in total. The van der Waals surface area contributed by atoms with E-state index in [4.69, 9.17) is 0 Å². The van der Waals surface area contributed by atoms with Crippen LogP contribution in [0.4, 0.5) is 0 Å². The highest BCUT2D eigenvalue weighted by atomic mass is 32.2. The van der Waals surface area contributed by atoms with Crippen LogP contribution in [0.3, 0.4) is 0 Å². The average molecular weight is 292 g/mol. The van der Waals surface area contributed by atoms with Crippen molar-refractivity contribution >= 4 is 11.8 Å². The van der Waals surface area contributed by atoms with Crippen molar-refractivity contribution in [1.29, 1.82) is 0 Å². The molecule has 21 heavy (non-hydrogen) atoms. The van der Waals surface area contributed by atoms with Crippen LogP contribution in [-0.2, 0) is 6.42 Å². The molecule has 0 aromatic heterocycles. The summed E-state index contributed by atoms with van der Waals surface area (Å²) in [6.07, 6.45) is 4.96. The molecule has 0 radical (unpaired) electrons. The van der Waals surface area contributed by atoms with E-state index >= 15 is 0 Å². The second-order valence-corrected chi connectivity index (χ2v) is 6.25. The zero-order chi connectivity index (χ0) is 15.1. The first-order chi connectivity index (χ1) is 10.1. The molecule has 0 saturated carbocycles. The van der Waals surface area contributed by atoms with Crippen LogP contribution in [0.25, 0.3) is 0 Å². The molecule has 0 aliphatic rings. The molecule has 2 aromatic rings. The van der Waals surface area contributed by atoms with E-state index in [0.29, 0.717) is 0 Å². The van der Waals surface area contributed by atoms with Crippen molar-refractivity contribution in [2.24, 2.45) is 0 Å². The van der Waals surface area contributed by atoms with Crippen LogP contribution < -0.4 is 0 Å². The molecule has 0 amide bonds.